The molecule has 1 aromatic heterocycles. The lowest BCUT2D eigenvalue weighted by Crippen LogP contribution is -2.25. The van der Waals surface area contributed by atoms with Crippen molar-refractivity contribution in [1.82, 2.24) is 10.4 Å². The first kappa shape index (κ1) is 16.7. The van der Waals surface area contributed by atoms with E-state index in [4.69, 9.17) is 28.5 Å². The molecule has 2 aromatic rings. The van der Waals surface area contributed by atoms with E-state index in [0.29, 0.717) is 26.9 Å². The Morgan fingerprint density at radius 1 is 1.35 bits per heavy atom. The number of carbonyl (C=O) groups is 1. The highest BCUT2D eigenvalue weighted by atomic mass is 35.5. The molecule has 23 heavy (non-hydrogen) atoms. The third-order valence-electron chi connectivity index (χ3n) is 2.72. The van der Waals surface area contributed by atoms with E-state index in [0.717, 1.165) is 0 Å². The average molecular weight is 348 g/mol. The molecule has 0 fully saturated rings. The Morgan fingerprint density at radius 2 is 2.09 bits per heavy atom. The van der Waals surface area contributed by atoms with E-state index in [9.17, 15) is 4.79 Å². The van der Waals surface area contributed by atoms with Crippen molar-refractivity contribution in [3.63, 3.8) is 0 Å². The number of anilines is 1. The van der Waals surface area contributed by atoms with Crippen molar-refractivity contribution >= 4 is 41.0 Å². The molecular weight excluding hydrogens is 337 g/mol. The van der Waals surface area contributed by atoms with Gasteiger partial charge in [0, 0.05) is 23.6 Å². The first-order valence-electron chi connectivity index (χ1n) is 6.45. The number of rotatable bonds is 5. The van der Waals surface area contributed by atoms with Gasteiger partial charge in [0.15, 0.2) is 0 Å². The molecule has 1 aromatic carbocycles. The maximum atomic E-state index is 11.7. The highest BCUT2D eigenvalue weighted by Crippen LogP contribution is 2.20. The van der Waals surface area contributed by atoms with Crippen LogP contribution in [0.5, 0.6) is 0 Å². The first-order valence-corrected chi connectivity index (χ1v) is 7.20. The fourth-order valence-corrected chi connectivity index (χ4v) is 2.10. The van der Waals surface area contributed by atoms with Crippen LogP contribution in [0.25, 0.3) is 0 Å². The number of pyridine rings is 1. The number of hydrazone groups is 1. The van der Waals surface area contributed by atoms with Gasteiger partial charge in [-0.05, 0) is 18.2 Å². The van der Waals surface area contributed by atoms with Gasteiger partial charge in [0.2, 0.25) is 0 Å². The number of nitrogens with zero attached hydrogens (tertiary/aromatic N) is 3. The molecule has 0 aliphatic heterocycles. The Morgan fingerprint density at radius 3 is 2.78 bits per heavy atom. The van der Waals surface area contributed by atoms with E-state index in [1.807, 2.05) is 6.07 Å². The third-order valence-corrected chi connectivity index (χ3v) is 3.32. The first-order chi connectivity index (χ1) is 11.1. The van der Waals surface area contributed by atoms with Crippen molar-refractivity contribution in [3.8, 4) is 6.07 Å². The molecule has 0 spiro atoms. The summed E-state index contributed by atoms with van der Waals surface area (Å²) in [6.45, 7) is 0.00400. The van der Waals surface area contributed by atoms with Crippen LogP contribution in [0.15, 0.2) is 41.8 Å². The Kier molecular flexibility index (Phi) is 5.92. The monoisotopic (exact) mass is 347 g/mol. The van der Waals surface area contributed by atoms with Gasteiger partial charge in [-0.3, -0.25) is 9.78 Å². The molecule has 0 unspecified atom stereocenters. The number of benzene rings is 1. The van der Waals surface area contributed by atoms with Gasteiger partial charge in [-0.1, -0.05) is 29.3 Å². The van der Waals surface area contributed by atoms with E-state index < -0.39 is 0 Å². The van der Waals surface area contributed by atoms with Crippen LogP contribution >= 0.6 is 23.2 Å². The van der Waals surface area contributed by atoms with Crippen molar-refractivity contribution in [2.75, 3.05) is 11.9 Å². The zero-order valence-electron chi connectivity index (χ0n) is 11.8. The zero-order chi connectivity index (χ0) is 16.7. The average Bonchev–Trinajstić information content (AvgIpc) is 2.56. The standard InChI is InChI=1S/C15H11Cl2N5O/c16-13-7-19-8-14(17)12(13)6-21-22-15(23)9-20-11-3-1-2-10(4-11)5-18/h1-4,6-8,20H,9H2,(H,22,23). The van der Waals surface area contributed by atoms with Crippen LogP contribution < -0.4 is 10.7 Å². The van der Waals surface area contributed by atoms with Gasteiger partial charge < -0.3 is 5.32 Å². The summed E-state index contributed by atoms with van der Waals surface area (Å²) in [5, 5.41) is 16.2. The van der Waals surface area contributed by atoms with Crippen LogP contribution in [0.4, 0.5) is 5.69 Å². The molecule has 0 radical (unpaired) electrons. The van der Waals surface area contributed by atoms with Gasteiger partial charge in [-0.15, -0.1) is 0 Å². The molecule has 6 nitrogen and oxygen atoms in total. The second-order valence-electron chi connectivity index (χ2n) is 4.36. The fourth-order valence-electron chi connectivity index (χ4n) is 1.63. The third kappa shape index (κ3) is 4.95. The lowest BCUT2D eigenvalue weighted by molar-refractivity contribution is -0.119. The van der Waals surface area contributed by atoms with Crippen LogP contribution in [0.2, 0.25) is 10.0 Å². The number of halogens is 2. The zero-order valence-corrected chi connectivity index (χ0v) is 13.3. The Labute approximate surface area is 142 Å². The predicted molar refractivity (Wildman–Crippen MR) is 89.6 cm³/mol. The normalized spacial score (nSPS) is 10.3. The molecule has 0 bridgehead atoms. The smallest absolute Gasteiger partial charge is 0.259 e. The number of hydrogen-bond donors (Lipinski definition) is 2. The van der Waals surface area contributed by atoms with E-state index in [2.05, 4.69) is 20.8 Å². The Hall–Kier alpha value is -2.62. The quantitative estimate of drug-likeness (QED) is 0.642. The van der Waals surface area contributed by atoms with Crippen LogP contribution in [0.1, 0.15) is 11.1 Å². The molecule has 0 aliphatic rings. The molecule has 0 saturated heterocycles. The van der Waals surface area contributed by atoms with Crippen molar-refractivity contribution in [2.45, 2.75) is 0 Å². The van der Waals surface area contributed by atoms with Crippen LogP contribution in [0.3, 0.4) is 0 Å². The van der Waals surface area contributed by atoms with Gasteiger partial charge in [-0.25, -0.2) is 5.43 Å². The molecule has 2 rings (SSSR count). The van der Waals surface area contributed by atoms with Gasteiger partial charge in [0.05, 0.1) is 34.4 Å². The van der Waals surface area contributed by atoms with E-state index in [-0.39, 0.29) is 12.5 Å². The number of aromatic nitrogens is 1. The molecule has 0 atom stereocenters. The topological polar surface area (TPSA) is 90.2 Å². The van der Waals surface area contributed by atoms with Crippen molar-refractivity contribution in [2.24, 2.45) is 5.10 Å². The largest absolute Gasteiger partial charge is 0.376 e. The van der Waals surface area contributed by atoms with Crippen molar-refractivity contribution < 1.29 is 4.79 Å². The minimum absolute atomic E-state index is 0.00400. The summed E-state index contributed by atoms with van der Waals surface area (Å²) in [5.74, 6) is -0.357. The number of nitrogens with one attached hydrogen (secondary N) is 2. The summed E-state index contributed by atoms with van der Waals surface area (Å²) in [6.07, 6.45) is 4.21. The summed E-state index contributed by atoms with van der Waals surface area (Å²) < 4.78 is 0. The number of amides is 1. The lowest BCUT2D eigenvalue weighted by atomic mass is 10.2. The van der Waals surface area contributed by atoms with E-state index >= 15 is 0 Å². The van der Waals surface area contributed by atoms with E-state index in [1.54, 1.807) is 24.3 Å². The van der Waals surface area contributed by atoms with Gasteiger partial charge >= 0.3 is 0 Å². The minimum Gasteiger partial charge on any atom is -0.376 e. The van der Waals surface area contributed by atoms with Crippen LogP contribution in [0, 0.1) is 11.3 Å². The Balaban J connectivity index is 1.88. The summed E-state index contributed by atoms with van der Waals surface area (Å²) in [7, 11) is 0. The maximum Gasteiger partial charge on any atom is 0.259 e. The molecule has 0 aliphatic carbocycles. The Bertz CT molecular complexity index is 765. The second-order valence-corrected chi connectivity index (χ2v) is 5.17. The maximum absolute atomic E-state index is 11.7. The second kappa shape index (κ2) is 8.13. The van der Waals surface area contributed by atoms with E-state index in [1.165, 1.54) is 18.6 Å². The molecular formula is C15H11Cl2N5O. The number of hydrogen-bond acceptors (Lipinski definition) is 5. The van der Waals surface area contributed by atoms with Gasteiger partial charge in [0.1, 0.15) is 0 Å². The minimum atomic E-state index is -0.357. The van der Waals surface area contributed by atoms with Crippen molar-refractivity contribution in [3.05, 3.63) is 57.8 Å². The fraction of sp³-hybridized carbons (Fsp3) is 0.0667. The summed E-state index contributed by atoms with van der Waals surface area (Å²) in [4.78, 5) is 15.5. The van der Waals surface area contributed by atoms with Gasteiger partial charge in [-0.2, -0.15) is 10.4 Å². The molecule has 1 heterocycles. The van der Waals surface area contributed by atoms with Crippen molar-refractivity contribution in [1.29, 1.82) is 5.26 Å². The highest BCUT2D eigenvalue weighted by molar-refractivity contribution is 6.38. The number of nitriles is 1. The van der Waals surface area contributed by atoms with Crippen LogP contribution in [-0.4, -0.2) is 23.7 Å². The van der Waals surface area contributed by atoms with Crippen LogP contribution in [-0.2, 0) is 4.79 Å². The SMILES string of the molecule is N#Cc1cccc(NCC(=O)NN=Cc2c(Cl)cncc2Cl)c1. The molecule has 116 valence electrons. The molecule has 2 N–H and O–H groups in total. The molecule has 0 saturated carbocycles. The van der Waals surface area contributed by atoms with Gasteiger partial charge in [0.25, 0.3) is 5.91 Å². The summed E-state index contributed by atoms with van der Waals surface area (Å²) >= 11 is 11.9. The molecule has 8 heteroatoms. The lowest BCUT2D eigenvalue weighted by Gasteiger charge is -2.05. The number of carbonyl (C=O) groups excluding carboxylic acids is 1. The molecule has 1 amide bonds. The summed E-state index contributed by atoms with van der Waals surface area (Å²) in [5.41, 5.74) is 4.00. The highest BCUT2D eigenvalue weighted by Gasteiger charge is 2.04. The predicted octanol–water partition coefficient (Wildman–Crippen LogP) is 2.82. The summed E-state index contributed by atoms with van der Waals surface area (Å²) in [6, 6.07) is 8.83.